The van der Waals surface area contributed by atoms with Crippen molar-refractivity contribution in [1.82, 2.24) is 20.4 Å². The van der Waals surface area contributed by atoms with Crippen LogP contribution in [0.15, 0.2) is 65.6 Å². The minimum atomic E-state index is -0.0814. The first-order chi connectivity index (χ1) is 12.7. The fourth-order valence-electron chi connectivity index (χ4n) is 3.06. The van der Waals surface area contributed by atoms with Gasteiger partial charge in [0.1, 0.15) is 11.9 Å². The van der Waals surface area contributed by atoms with Crippen LogP contribution in [0, 0.1) is 0 Å². The molecule has 6 heteroatoms. The zero-order chi connectivity index (χ0) is 17.9. The fourth-order valence-corrected chi connectivity index (χ4v) is 3.46. The smallest absolute Gasteiger partial charge is 0.269 e. The number of benzene rings is 2. The fraction of sp³-hybridized carbons (Fsp3) is 0.200. The van der Waals surface area contributed by atoms with E-state index in [0.717, 1.165) is 17.8 Å². The lowest BCUT2D eigenvalue weighted by molar-refractivity contribution is 0.0900. The minimum Gasteiger partial charge on any atom is -0.347 e. The highest BCUT2D eigenvalue weighted by molar-refractivity contribution is 7.98. The van der Waals surface area contributed by atoms with Crippen LogP contribution in [0.2, 0.25) is 0 Å². The lowest BCUT2D eigenvalue weighted by Gasteiger charge is -2.25. The van der Waals surface area contributed by atoms with Crippen molar-refractivity contribution in [2.45, 2.75) is 17.6 Å². The summed E-state index contributed by atoms with van der Waals surface area (Å²) in [4.78, 5) is 13.5. The topological polar surface area (TPSA) is 58.9 Å². The zero-order valence-electron chi connectivity index (χ0n) is 14.5. The van der Waals surface area contributed by atoms with E-state index in [4.69, 9.17) is 0 Å². The molecule has 1 amide bonds. The number of hydrogen-bond acceptors (Lipinski definition) is 4. The molecule has 1 atom stereocenters. The second-order valence-corrected chi connectivity index (χ2v) is 7.06. The number of nitrogens with one attached hydrogen (secondary N) is 2. The van der Waals surface area contributed by atoms with Gasteiger partial charge in [-0.15, -0.1) is 11.8 Å². The van der Waals surface area contributed by atoms with E-state index < -0.39 is 0 Å². The number of nitrogens with zero attached hydrogens (tertiary/aromatic N) is 2. The first-order valence-electron chi connectivity index (χ1n) is 8.54. The average Bonchev–Trinajstić information content (AvgIpc) is 3.15. The van der Waals surface area contributed by atoms with Crippen molar-refractivity contribution in [2.24, 2.45) is 0 Å². The summed E-state index contributed by atoms with van der Waals surface area (Å²) in [6.45, 7) is 1.24. The van der Waals surface area contributed by atoms with Gasteiger partial charge in [0.15, 0.2) is 0 Å². The highest BCUT2D eigenvalue weighted by Crippen LogP contribution is 2.23. The van der Waals surface area contributed by atoms with Crippen LogP contribution in [0.5, 0.6) is 0 Å². The van der Waals surface area contributed by atoms with Crippen molar-refractivity contribution in [1.29, 1.82) is 0 Å². The van der Waals surface area contributed by atoms with Gasteiger partial charge < -0.3 is 5.32 Å². The molecule has 0 saturated heterocycles. The summed E-state index contributed by atoms with van der Waals surface area (Å²) in [5, 5.41) is 11.1. The number of amides is 1. The monoisotopic (exact) mass is 364 g/mol. The Morgan fingerprint density at radius 1 is 1.19 bits per heavy atom. The van der Waals surface area contributed by atoms with E-state index in [2.05, 4.69) is 46.3 Å². The summed E-state index contributed by atoms with van der Waals surface area (Å²) < 4.78 is 1.80. The van der Waals surface area contributed by atoms with Gasteiger partial charge in [0, 0.05) is 17.0 Å². The van der Waals surface area contributed by atoms with Gasteiger partial charge in [0.2, 0.25) is 0 Å². The summed E-state index contributed by atoms with van der Waals surface area (Å²) in [5.74, 6) is -0.0814. The standard InChI is InChI=1S/C20H20N4OS/c1-26-16-9-7-14(8-10-16)12-21-19-13-22-20(25)18-11-17(23-24(18)19)15-5-3-2-4-6-15/h2-11,19,21H,12-13H2,1H3,(H,22,25)/t19-/m1/s1. The maximum atomic E-state index is 12.2. The normalized spacial score (nSPS) is 16.2. The molecule has 0 spiro atoms. The Kier molecular flexibility index (Phi) is 4.77. The molecule has 2 heterocycles. The van der Waals surface area contributed by atoms with E-state index in [1.54, 1.807) is 16.4 Å². The van der Waals surface area contributed by atoms with Crippen molar-refractivity contribution < 1.29 is 4.79 Å². The molecular formula is C20H20N4OS. The van der Waals surface area contributed by atoms with Crippen LogP contribution in [-0.4, -0.2) is 28.5 Å². The maximum absolute atomic E-state index is 12.2. The summed E-state index contributed by atoms with van der Waals surface area (Å²) in [5.41, 5.74) is 3.62. The number of thioether (sulfide) groups is 1. The molecule has 0 aliphatic carbocycles. The summed E-state index contributed by atoms with van der Waals surface area (Å²) in [7, 11) is 0. The van der Waals surface area contributed by atoms with Crippen LogP contribution in [0.4, 0.5) is 0 Å². The molecule has 2 N–H and O–H groups in total. The molecular weight excluding hydrogens is 344 g/mol. The highest BCUT2D eigenvalue weighted by Gasteiger charge is 2.27. The lowest BCUT2D eigenvalue weighted by atomic mass is 10.1. The average molecular weight is 364 g/mol. The largest absolute Gasteiger partial charge is 0.347 e. The van der Waals surface area contributed by atoms with Crippen molar-refractivity contribution in [3.8, 4) is 11.3 Å². The first kappa shape index (κ1) is 16.9. The van der Waals surface area contributed by atoms with E-state index in [9.17, 15) is 4.79 Å². The molecule has 2 aromatic carbocycles. The number of aromatic nitrogens is 2. The molecule has 0 fully saturated rings. The number of hydrogen-bond donors (Lipinski definition) is 2. The van der Waals surface area contributed by atoms with Gasteiger partial charge in [-0.3, -0.25) is 10.1 Å². The minimum absolute atomic E-state index is 0.0691. The molecule has 5 nitrogen and oxygen atoms in total. The van der Waals surface area contributed by atoms with Crippen molar-refractivity contribution in [3.05, 3.63) is 71.9 Å². The Hall–Kier alpha value is -2.57. The van der Waals surface area contributed by atoms with Crippen molar-refractivity contribution in [3.63, 3.8) is 0 Å². The van der Waals surface area contributed by atoms with E-state index in [1.807, 2.05) is 36.4 Å². The van der Waals surface area contributed by atoms with Gasteiger partial charge in [-0.1, -0.05) is 42.5 Å². The Morgan fingerprint density at radius 2 is 1.96 bits per heavy atom. The second-order valence-electron chi connectivity index (χ2n) is 6.18. The predicted octanol–water partition coefficient (Wildman–Crippen LogP) is 3.30. The molecule has 0 saturated carbocycles. The Morgan fingerprint density at radius 3 is 2.69 bits per heavy atom. The van der Waals surface area contributed by atoms with Gasteiger partial charge in [-0.2, -0.15) is 5.10 Å². The van der Waals surface area contributed by atoms with Crippen molar-refractivity contribution in [2.75, 3.05) is 12.8 Å². The third kappa shape index (κ3) is 3.38. The second kappa shape index (κ2) is 7.35. The van der Waals surface area contributed by atoms with Gasteiger partial charge >= 0.3 is 0 Å². The Balaban J connectivity index is 1.54. The van der Waals surface area contributed by atoms with E-state index in [1.165, 1.54) is 10.5 Å². The number of fused-ring (bicyclic) bond motifs is 1. The Labute approximate surface area is 156 Å². The van der Waals surface area contributed by atoms with Crippen LogP contribution in [0.25, 0.3) is 11.3 Å². The van der Waals surface area contributed by atoms with Crippen molar-refractivity contribution >= 4 is 17.7 Å². The molecule has 1 aromatic heterocycles. The number of carbonyl (C=O) groups is 1. The van der Waals surface area contributed by atoms with Crippen LogP contribution in [0.1, 0.15) is 22.2 Å². The van der Waals surface area contributed by atoms with Crippen LogP contribution in [-0.2, 0) is 6.54 Å². The predicted molar refractivity (Wildman–Crippen MR) is 104 cm³/mol. The lowest BCUT2D eigenvalue weighted by Crippen LogP contribution is -2.45. The summed E-state index contributed by atoms with van der Waals surface area (Å²) in [6.07, 6.45) is 2.00. The third-order valence-electron chi connectivity index (χ3n) is 4.49. The Bertz CT molecular complexity index is 905. The molecule has 1 aliphatic rings. The molecule has 0 radical (unpaired) electrons. The zero-order valence-corrected chi connectivity index (χ0v) is 15.3. The number of rotatable bonds is 5. The van der Waals surface area contributed by atoms with E-state index in [-0.39, 0.29) is 12.1 Å². The molecule has 0 bridgehead atoms. The first-order valence-corrected chi connectivity index (χ1v) is 9.76. The SMILES string of the molecule is CSc1ccc(CN[C@H]2CNC(=O)c3cc(-c4ccccc4)nn32)cc1. The molecule has 0 unspecified atom stereocenters. The van der Waals surface area contributed by atoms with E-state index in [0.29, 0.717) is 12.2 Å². The van der Waals surface area contributed by atoms with Gasteiger partial charge in [-0.25, -0.2) is 4.68 Å². The van der Waals surface area contributed by atoms with Crippen LogP contribution < -0.4 is 10.6 Å². The summed E-state index contributed by atoms with van der Waals surface area (Å²) in [6, 6.07) is 20.3. The quantitative estimate of drug-likeness (QED) is 0.682. The molecule has 26 heavy (non-hydrogen) atoms. The van der Waals surface area contributed by atoms with Gasteiger partial charge in [0.05, 0.1) is 12.2 Å². The van der Waals surface area contributed by atoms with Crippen LogP contribution >= 0.6 is 11.8 Å². The molecule has 1 aliphatic heterocycles. The van der Waals surface area contributed by atoms with Gasteiger partial charge in [0.25, 0.3) is 5.91 Å². The van der Waals surface area contributed by atoms with Gasteiger partial charge in [-0.05, 0) is 30.0 Å². The third-order valence-corrected chi connectivity index (χ3v) is 5.23. The van der Waals surface area contributed by atoms with Crippen LogP contribution in [0.3, 0.4) is 0 Å². The molecule has 3 aromatic rings. The molecule has 4 rings (SSSR count). The van der Waals surface area contributed by atoms with E-state index >= 15 is 0 Å². The maximum Gasteiger partial charge on any atom is 0.269 e. The highest BCUT2D eigenvalue weighted by atomic mass is 32.2. The molecule has 132 valence electrons. The number of carbonyl (C=O) groups excluding carboxylic acids is 1. The summed E-state index contributed by atoms with van der Waals surface area (Å²) >= 11 is 1.73.